The minimum Gasteiger partial charge on any atom is -0.393 e. The highest BCUT2D eigenvalue weighted by Gasteiger charge is 2.28. The molecule has 0 rings (SSSR count). The van der Waals surface area contributed by atoms with Gasteiger partial charge in [-0.15, -0.1) is 0 Å². The molecule has 2 unspecified atom stereocenters. The summed E-state index contributed by atoms with van der Waals surface area (Å²) in [5.74, 6) is 4.83. The summed E-state index contributed by atoms with van der Waals surface area (Å²) in [4.78, 5) is 23.3. The average Bonchev–Trinajstić information content (AvgIpc) is 2.54. The summed E-state index contributed by atoms with van der Waals surface area (Å²) < 4.78 is 0. The van der Waals surface area contributed by atoms with Gasteiger partial charge < -0.3 is 15.5 Å². The van der Waals surface area contributed by atoms with Gasteiger partial charge in [0.25, 0.3) is 0 Å². The Hall–Kier alpha value is -1.18. The van der Waals surface area contributed by atoms with Gasteiger partial charge in [0.05, 0.1) is 12.2 Å². The van der Waals surface area contributed by atoms with Gasteiger partial charge in [-0.2, -0.15) is 0 Å². The van der Waals surface area contributed by atoms with Crippen molar-refractivity contribution in [3.8, 4) is 0 Å². The van der Waals surface area contributed by atoms with Gasteiger partial charge in [0.2, 0.25) is 11.8 Å². The van der Waals surface area contributed by atoms with Crippen molar-refractivity contribution in [2.75, 3.05) is 7.05 Å². The average molecular weight is 345 g/mol. The summed E-state index contributed by atoms with van der Waals surface area (Å²) in [6.45, 7) is 7.24. The minimum absolute atomic E-state index is 0.0462. The number of nitrogens with one attached hydrogen (secondary N) is 2. The van der Waals surface area contributed by atoms with Gasteiger partial charge in [0, 0.05) is 17.9 Å². The lowest BCUT2D eigenvalue weighted by Crippen LogP contribution is -2.41. The van der Waals surface area contributed by atoms with Crippen molar-refractivity contribution < 1.29 is 19.8 Å². The maximum atomic E-state index is 11.7. The van der Waals surface area contributed by atoms with Gasteiger partial charge in [-0.1, -0.05) is 27.7 Å². The zero-order chi connectivity index (χ0) is 19.0. The van der Waals surface area contributed by atoms with Gasteiger partial charge in [0.15, 0.2) is 0 Å². The molecule has 6 N–H and O–H groups in total. The molecule has 0 radical (unpaired) electrons. The van der Waals surface area contributed by atoms with Crippen LogP contribution in [0.2, 0.25) is 0 Å². The third-order valence-electron chi connectivity index (χ3n) is 4.63. The van der Waals surface area contributed by atoms with Crippen molar-refractivity contribution in [2.24, 2.45) is 16.7 Å². The molecule has 0 aliphatic carbocycles. The number of carbonyl (C=O) groups is 2. The van der Waals surface area contributed by atoms with E-state index < -0.39 is 23.0 Å². The number of rotatable bonds is 11. The fourth-order valence-corrected chi connectivity index (χ4v) is 2.49. The quantitative estimate of drug-likeness (QED) is 0.216. The molecule has 0 aromatic heterocycles. The molecule has 0 aliphatic heterocycles. The van der Waals surface area contributed by atoms with Crippen molar-refractivity contribution >= 4 is 11.8 Å². The summed E-state index contributed by atoms with van der Waals surface area (Å²) in [5.41, 5.74) is 0.978. The fraction of sp³-hybridized carbons (Fsp3) is 0.882. The fourth-order valence-electron chi connectivity index (χ4n) is 2.49. The van der Waals surface area contributed by atoms with E-state index in [-0.39, 0.29) is 11.8 Å². The van der Waals surface area contributed by atoms with E-state index in [1.54, 1.807) is 20.9 Å². The van der Waals surface area contributed by atoms with E-state index in [2.05, 4.69) is 10.7 Å². The zero-order valence-electron chi connectivity index (χ0n) is 15.7. The summed E-state index contributed by atoms with van der Waals surface area (Å²) >= 11 is 0. The third kappa shape index (κ3) is 8.08. The predicted molar refractivity (Wildman–Crippen MR) is 93.7 cm³/mol. The highest BCUT2D eigenvalue weighted by atomic mass is 16.3. The summed E-state index contributed by atoms with van der Waals surface area (Å²) in [6.07, 6.45) is 1.87. The Labute approximate surface area is 145 Å². The molecule has 0 saturated heterocycles. The van der Waals surface area contributed by atoms with Crippen LogP contribution in [0.4, 0.5) is 0 Å². The minimum atomic E-state index is -0.633. The molecular formula is C17H35N3O4. The molecule has 0 aromatic carbocycles. The van der Waals surface area contributed by atoms with E-state index >= 15 is 0 Å². The number of aliphatic hydroxyl groups is 2. The second-order valence-corrected chi connectivity index (χ2v) is 7.78. The Kier molecular flexibility index (Phi) is 9.47. The van der Waals surface area contributed by atoms with Gasteiger partial charge in [-0.05, 0) is 38.5 Å². The number of hydrazine groups is 1. The molecule has 7 heteroatoms. The van der Waals surface area contributed by atoms with Crippen LogP contribution in [-0.2, 0) is 9.59 Å². The lowest BCUT2D eigenvalue weighted by molar-refractivity contribution is -0.130. The monoisotopic (exact) mass is 345 g/mol. The number of nitrogens with two attached hydrogens (primary N) is 1. The first-order valence-electron chi connectivity index (χ1n) is 8.55. The standard InChI is InChI=1S/C17H35N3O4/c1-16(2,14(23)19-5)10-8-12(21)6-7-13(22)9-11-17(3,4)15(24)20-18/h12-13,21-22H,6-11,18H2,1-5H3,(H,19,23)(H,20,24). The molecule has 2 amide bonds. The van der Waals surface area contributed by atoms with E-state index in [1.165, 1.54) is 0 Å². The highest BCUT2D eigenvalue weighted by molar-refractivity contribution is 5.81. The maximum absolute atomic E-state index is 11.7. The molecule has 24 heavy (non-hydrogen) atoms. The van der Waals surface area contributed by atoms with Crippen molar-refractivity contribution in [3.63, 3.8) is 0 Å². The van der Waals surface area contributed by atoms with Gasteiger partial charge in [0.1, 0.15) is 0 Å². The van der Waals surface area contributed by atoms with Crippen LogP contribution in [0.1, 0.15) is 66.2 Å². The van der Waals surface area contributed by atoms with Crippen molar-refractivity contribution in [3.05, 3.63) is 0 Å². The molecule has 0 aromatic rings. The van der Waals surface area contributed by atoms with E-state index in [0.717, 1.165) is 0 Å². The Morgan fingerprint density at radius 1 is 0.875 bits per heavy atom. The van der Waals surface area contributed by atoms with E-state index in [0.29, 0.717) is 38.5 Å². The summed E-state index contributed by atoms with van der Waals surface area (Å²) in [7, 11) is 1.60. The number of aliphatic hydroxyl groups excluding tert-OH is 2. The SMILES string of the molecule is CNC(=O)C(C)(C)CCC(O)CCC(O)CCC(C)(C)C(=O)NN. The van der Waals surface area contributed by atoms with Crippen LogP contribution in [0.3, 0.4) is 0 Å². The first-order valence-corrected chi connectivity index (χ1v) is 8.55. The topological polar surface area (TPSA) is 125 Å². The highest BCUT2D eigenvalue weighted by Crippen LogP contribution is 2.26. The normalized spacial score (nSPS) is 14.8. The van der Waals surface area contributed by atoms with Gasteiger partial charge in [-0.25, -0.2) is 5.84 Å². The molecule has 2 atom stereocenters. The van der Waals surface area contributed by atoms with Crippen LogP contribution in [0.15, 0.2) is 0 Å². The number of hydrogen-bond acceptors (Lipinski definition) is 5. The first kappa shape index (κ1) is 22.8. The van der Waals surface area contributed by atoms with Crippen molar-refractivity contribution in [2.45, 2.75) is 78.4 Å². The Bertz CT molecular complexity index is 373. The van der Waals surface area contributed by atoms with E-state index in [9.17, 15) is 19.8 Å². The molecule has 7 nitrogen and oxygen atoms in total. The van der Waals surface area contributed by atoms with Gasteiger partial charge >= 0.3 is 0 Å². The first-order chi connectivity index (χ1) is 11.0. The van der Waals surface area contributed by atoms with Crippen molar-refractivity contribution in [1.29, 1.82) is 0 Å². The van der Waals surface area contributed by atoms with E-state index in [4.69, 9.17) is 5.84 Å². The Balaban J connectivity index is 4.12. The van der Waals surface area contributed by atoms with Gasteiger partial charge in [-0.3, -0.25) is 15.0 Å². The second kappa shape index (κ2) is 9.96. The Morgan fingerprint density at radius 3 is 1.58 bits per heavy atom. The molecule has 142 valence electrons. The zero-order valence-corrected chi connectivity index (χ0v) is 15.7. The molecule has 0 heterocycles. The van der Waals surface area contributed by atoms with Crippen LogP contribution in [0, 0.1) is 10.8 Å². The lowest BCUT2D eigenvalue weighted by atomic mass is 9.84. The maximum Gasteiger partial charge on any atom is 0.239 e. The molecule has 0 bridgehead atoms. The summed E-state index contributed by atoms with van der Waals surface area (Å²) in [5, 5.41) is 22.7. The largest absolute Gasteiger partial charge is 0.393 e. The summed E-state index contributed by atoms with van der Waals surface area (Å²) in [6, 6.07) is 0. The molecule has 0 aliphatic rings. The molecular weight excluding hydrogens is 310 g/mol. The molecule has 0 spiro atoms. The predicted octanol–water partition coefficient (Wildman–Crippen LogP) is 0.837. The van der Waals surface area contributed by atoms with Crippen LogP contribution in [0.25, 0.3) is 0 Å². The van der Waals surface area contributed by atoms with Crippen molar-refractivity contribution in [1.82, 2.24) is 10.7 Å². The van der Waals surface area contributed by atoms with Crippen LogP contribution < -0.4 is 16.6 Å². The Morgan fingerprint density at radius 2 is 1.25 bits per heavy atom. The van der Waals surface area contributed by atoms with Crippen LogP contribution in [0.5, 0.6) is 0 Å². The molecule has 0 saturated carbocycles. The number of carbonyl (C=O) groups excluding carboxylic acids is 2. The van der Waals surface area contributed by atoms with Crippen LogP contribution >= 0.6 is 0 Å². The lowest BCUT2D eigenvalue weighted by Gasteiger charge is -2.25. The number of hydrogen-bond donors (Lipinski definition) is 5. The number of amides is 2. The van der Waals surface area contributed by atoms with Crippen LogP contribution in [-0.4, -0.2) is 41.3 Å². The third-order valence-corrected chi connectivity index (χ3v) is 4.63. The smallest absolute Gasteiger partial charge is 0.239 e. The van der Waals surface area contributed by atoms with E-state index in [1.807, 2.05) is 13.8 Å². The molecule has 0 fully saturated rings. The second-order valence-electron chi connectivity index (χ2n) is 7.78.